The van der Waals surface area contributed by atoms with Gasteiger partial charge in [-0.1, -0.05) is 48.5 Å². The van der Waals surface area contributed by atoms with E-state index in [1.807, 2.05) is 48.5 Å². The third-order valence-electron chi connectivity index (χ3n) is 6.22. The lowest BCUT2D eigenvalue weighted by Gasteiger charge is -2.34. The van der Waals surface area contributed by atoms with Crippen LogP contribution in [-0.2, 0) is 14.3 Å². The second kappa shape index (κ2) is 12.9. The predicted molar refractivity (Wildman–Crippen MR) is 131 cm³/mol. The highest BCUT2D eigenvalue weighted by atomic mass is 16.5. The van der Waals surface area contributed by atoms with Crippen molar-refractivity contribution in [2.75, 3.05) is 51.8 Å². The number of nitrogens with zero attached hydrogens (tertiary/aromatic N) is 2. The molecule has 0 radical (unpaired) electrons. The summed E-state index contributed by atoms with van der Waals surface area (Å²) in [4.78, 5) is 38.0. The molecule has 0 saturated carbocycles. The number of carbonyl (C=O) groups excluding carboxylic acids is 2. The second-order valence-electron chi connectivity index (χ2n) is 8.51. The number of para-hydroxylation sites is 1. The topological polar surface area (TPSA) is 99.2 Å². The molecule has 1 fully saturated rings. The largest absolute Gasteiger partial charge is 0.465 e. The number of benzene rings is 2. The van der Waals surface area contributed by atoms with Crippen molar-refractivity contribution in [3.63, 3.8) is 0 Å². The van der Waals surface area contributed by atoms with Gasteiger partial charge in [0.2, 0.25) is 5.91 Å². The third kappa shape index (κ3) is 7.13. The Hall–Kier alpha value is -3.23. The molecule has 0 aliphatic carbocycles. The molecule has 8 heteroatoms. The summed E-state index contributed by atoms with van der Waals surface area (Å²) in [5.74, 6) is 0.162. The van der Waals surface area contributed by atoms with Crippen LogP contribution in [0.4, 0.5) is 10.5 Å². The summed E-state index contributed by atoms with van der Waals surface area (Å²) in [6, 6.07) is 15.8. The number of amides is 2. The Balaban J connectivity index is 1.58. The van der Waals surface area contributed by atoms with E-state index in [0.717, 1.165) is 55.5 Å². The third-order valence-corrected chi connectivity index (χ3v) is 6.22. The van der Waals surface area contributed by atoms with Gasteiger partial charge >= 0.3 is 6.09 Å². The minimum Gasteiger partial charge on any atom is -0.465 e. The van der Waals surface area contributed by atoms with Gasteiger partial charge in [-0.25, -0.2) is 4.79 Å². The van der Waals surface area contributed by atoms with Gasteiger partial charge in [0.25, 0.3) is 0 Å². The van der Waals surface area contributed by atoms with Crippen LogP contribution < -0.4 is 5.32 Å². The Morgan fingerprint density at radius 1 is 1.15 bits per heavy atom. The van der Waals surface area contributed by atoms with E-state index in [1.54, 1.807) is 11.9 Å². The number of nitrogens with one attached hydrogen (secondary N) is 1. The summed E-state index contributed by atoms with van der Waals surface area (Å²) in [6.45, 7) is 3.39. The molecule has 1 saturated heterocycles. The fourth-order valence-electron chi connectivity index (χ4n) is 4.30. The molecule has 1 heterocycles. The number of carbonyl (C=O) groups is 3. The summed E-state index contributed by atoms with van der Waals surface area (Å²) in [7, 11) is 1.76. The first-order valence-corrected chi connectivity index (χ1v) is 11.7. The molecule has 0 aromatic heterocycles. The van der Waals surface area contributed by atoms with Crippen LogP contribution in [0.3, 0.4) is 0 Å². The number of piperidine rings is 1. The first-order chi connectivity index (χ1) is 16.5. The maximum atomic E-state index is 12.1. The van der Waals surface area contributed by atoms with Crippen LogP contribution in [0.25, 0.3) is 11.1 Å². The fraction of sp³-hybridized carbons (Fsp3) is 0.423. The average molecular weight is 468 g/mol. The first-order valence-electron chi connectivity index (χ1n) is 11.7. The van der Waals surface area contributed by atoms with Crippen LogP contribution >= 0.6 is 0 Å². The molecule has 2 aromatic rings. The molecule has 1 aliphatic heterocycles. The lowest BCUT2D eigenvalue weighted by molar-refractivity contribution is -0.135. The summed E-state index contributed by atoms with van der Waals surface area (Å²) in [5.41, 5.74) is 3.56. The molecule has 34 heavy (non-hydrogen) atoms. The maximum absolute atomic E-state index is 12.1. The normalized spacial score (nSPS) is 14.5. The van der Waals surface area contributed by atoms with Gasteiger partial charge in [0.15, 0.2) is 0 Å². The SMILES string of the molecule is CN(CCN1CCC(c2cccc(-c3ccccc3)c2NC(=O)O)CC1)C(=O)COCCC=O. The van der Waals surface area contributed by atoms with Crippen molar-refractivity contribution in [3.05, 3.63) is 54.1 Å². The minimum absolute atomic E-state index is 0.0104. The van der Waals surface area contributed by atoms with Gasteiger partial charge in [-0.3, -0.25) is 10.1 Å². The van der Waals surface area contributed by atoms with Gasteiger partial charge < -0.3 is 24.4 Å². The molecule has 1 aliphatic rings. The van der Waals surface area contributed by atoms with Crippen LogP contribution in [0.15, 0.2) is 48.5 Å². The van der Waals surface area contributed by atoms with Gasteiger partial charge in [0.1, 0.15) is 12.9 Å². The number of carboxylic acid groups (broad SMARTS) is 1. The van der Waals surface area contributed by atoms with Crippen LogP contribution in [0, 0.1) is 0 Å². The number of likely N-dealkylation sites (N-methyl/N-ethyl adjacent to an activating group) is 1. The Labute approximate surface area is 200 Å². The van der Waals surface area contributed by atoms with Crippen molar-refractivity contribution in [1.82, 2.24) is 9.80 Å². The Bertz CT molecular complexity index is 958. The summed E-state index contributed by atoms with van der Waals surface area (Å²) >= 11 is 0. The molecule has 0 unspecified atom stereocenters. The lowest BCUT2D eigenvalue weighted by Crippen LogP contribution is -2.41. The number of likely N-dealkylation sites (tertiary alicyclic amines) is 1. The van der Waals surface area contributed by atoms with E-state index in [1.165, 1.54) is 0 Å². The van der Waals surface area contributed by atoms with E-state index < -0.39 is 6.09 Å². The molecular formula is C26H33N3O5. The number of ether oxygens (including phenoxy) is 1. The van der Waals surface area contributed by atoms with Crippen LogP contribution in [-0.4, -0.2) is 79.6 Å². The standard InChI is InChI=1S/C26H33N3O5/c1-28(24(31)19-34-18-6-17-30)15-16-29-13-11-21(12-14-29)23-10-5-9-22(25(23)27-26(32)33)20-7-3-2-4-8-20/h2-5,7-10,17,21,27H,6,11-16,18-19H2,1H3,(H,32,33). The molecule has 8 nitrogen and oxygen atoms in total. The zero-order valence-corrected chi connectivity index (χ0v) is 19.6. The zero-order chi connectivity index (χ0) is 24.3. The predicted octanol–water partition coefficient (Wildman–Crippen LogP) is 3.69. The molecule has 3 rings (SSSR count). The van der Waals surface area contributed by atoms with Gasteiger partial charge in [-0.15, -0.1) is 0 Å². The van der Waals surface area contributed by atoms with Crippen molar-refractivity contribution < 1.29 is 24.2 Å². The lowest BCUT2D eigenvalue weighted by atomic mass is 9.86. The summed E-state index contributed by atoms with van der Waals surface area (Å²) in [5, 5.41) is 12.1. The minimum atomic E-state index is -1.06. The van der Waals surface area contributed by atoms with Crippen LogP contribution in [0.1, 0.15) is 30.7 Å². The van der Waals surface area contributed by atoms with E-state index in [2.05, 4.69) is 10.2 Å². The summed E-state index contributed by atoms with van der Waals surface area (Å²) < 4.78 is 5.21. The summed E-state index contributed by atoms with van der Waals surface area (Å²) in [6.07, 6.45) is 1.84. The van der Waals surface area contributed by atoms with Crippen molar-refractivity contribution in [2.24, 2.45) is 0 Å². The van der Waals surface area contributed by atoms with Gasteiger partial charge in [-0.2, -0.15) is 0 Å². The highest BCUT2D eigenvalue weighted by Crippen LogP contribution is 2.38. The van der Waals surface area contributed by atoms with Crippen LogP contribution in [0.2, 0.25) is 0 Å². The van der Waals surface area contributed by atoms with Crippen molar-refractivity contribution in [3.8, 4) is 11.1 Å². The Morgan fingerprint density at radius 2 is 1.88 bits per heavy atom. The molecule has 0 spiro atoms. The Kier molecular flexibility index (Phi) is 9.61. The molecule has 2 amide bonds. The van der Waals surface area contributed by atoms with E-state index in [4.69, 9.17) is 4.74 Å². The van der Waals surface area contributed by atoms with E-state index in [9.17, 15) is 19.5 Å². The molecule has 182 valence electrons. The Morgan fingerprint density at radius 3 is 2.56 bits per heavy atom. The van der Waals surface area contributed by atoms with Crippen molar-refractivity contribution in [2.45, 2.75) is 25.2 Å². The van der Waals surface area contributed by atoms with Crippen molar-refractivity contribution in [1.29, 1.82) is 0 Å². The zero-order valence-electron chi connectivity index (χ0n) is 19.6. The van der Waals surface area contributed by atoms with Gasteiger partial charge in [-0.05, 0) is 43.0 Å². The average Bonchev–Trinajstić information content (AvgIpc) is 2.85. The fourth-order valence-corrected chi connectivity index (χ4v) is 4.30. The first kappa shape index (κ1) is 25.4. The monoisotopic (exact) mass is 467 g/mol. The number of hydrogen-bond donors (Lipinski definition) is 2. The molecule has 0 bridgehead atoms. The maximum Gasteiger partial charge on any atom is 0.409 e. The number of hydrogen-bond acceptors (Lipinski definition) is 5. The van der Waals surface area contributed by atoms with Crippen molar-refractivity contribution >= 4 is 24.0 Å². The molecule has 0 atom stereocenters. The highest BCUT2D eigenvalue weighted by molar-refractivity contribution is 5.92. The number of aldehydes is 1. The smallest absolute Gasteiger partial charge is 0.409 e. The van der Waals surface area contributed by atoms with E-state index in [-0.39, 0.29) is 25.0 Å². The quantitative estimate of drug-likeness (QED) is 0.386. The molecule has 2 N–H and O–H groups in total. The highest BCUT2D eigenvalue weighted by Gasteiger charge is 2.25. The van der Waals surface area contributed by atoms with E-state index in [0.29, 0.717) is 18.7 Å². The van der Waals surface area contributed by atoms with E-state index >= 15 is 0 Å². The number of anilines is 1. The molecule has 2 aromatic carbocycles. The number of rotatable bonds is 11. The molecular weight excluding hydrogens is 434 g/mol. The van der Waals surface area contributed by atoms with Gasteiger partial charge in [0, 0.05) is 32.1 Å². The van der Waals surface area contributed by atoms with Crippen LogP contribution in [0.5, 0.6) is 0 Å². The van der Waals surface area contributed by atoms with Gasteiger partial charge in [0.05, 0.1) is 12.3 Å². The second-order valence-corrected chi connectivity index (χ2v) is 8.51.